The molecule has 0 aliphatic rings. The third-order valence-electron chi connectivity index (χ3n) is 6.02. The van der Waals surface area contributed by atoms with Gasteiger partial charge >= 0.3 is 0 Å². The summed E-state index contributed by atoms with van der Waals surface area (Å²) in [4.78, 5) is 30.1. The molecule has 0 fully saturated rings. The predicted octanol–water partition coefficient (Wildman–Crippen LogP) is 7.02. The average molecular weight is 642 g/mol. The summed E-state index contributed by atoms with van der Waals surface area (Å²) in [7, 11) is 0. The Bertz CT molecular complexity index is 1670. The van der Waals surface area contributed by atoms with E-state index < -0.39 is 0 Å². The molecule has 13 heteroatoms. The minimum absolute atomic E-state index is 0.0639. The summed E-state index contributed by atoms with van der Waals surface area (Å²) in [6.07, 6.45) is 2.01. The number of anilines is 1. The molecule has 3 aromatic carbocycles. The van der Waals surface area contributed by atoms with E-state index in [1.807, 2.05) is 24.3 Å². The number of carbonyl (C=O) groups is 2. The number of nitrogens with zero attached hydrogens (tertiary/aromatic N) is 4. The quantitative estimate of drug-likeness (QED) is 0.111. The van der Waals surface area contributed by atoms with Crippen LogP contribution in [-0.2, 0) is 11.3 Å². The van der Waals surface area contributed by atoms with Crippen molar-refractivity contribution in [2.24, 2.45) is 0 Å². The van der Waals surface area contributed by atoms with Gasteiger partial charge in [-0.2, -0.15) is 0 Å². The smallest absolute Gasteiger partial charge is 0.251 e. The standard InChI is InChI=1S/C29H26Cl2N6O3S2/c1-2-3-14-40-20-11-8-18(9-12-20)27(39)32-16-25-35-36-29(37(25)19-10-13-21(30)22(31)15-19)41-17-26(38)34-28-33-23-6-4-5-7-24(23)42-28/h4-13,15H,2-3,14,16-17H2,1H3,(H,32,39)(H,33,34,38). The van der Waals surface area contributed by atoms with E-state index in [9.17, 15) is 9.59 Å². The molecule has 0 aliphatic carbocycles. The van der Waals surface area contributed by atoms with E-state index in [4.69, 9.17) is 27.9 Å². The molecule has 0 spiro atoms. The topological polar surface area (TPSA) is 111 Å². The van der Waals surface area contributed by atoms with E-state index >= 15 is 0 Å². The first-order valence-corrected chi connectivity index (χ1v) is 15.7. The number of thioether (sulfide) groups is 1. The van der Waals surface area contributed by atoms with Gasteiger partial charge in [-0.05, 0) is 61.0 Å². The molecule has 5 aromatic rings. The molecule has 0 saturated carbocycles. The van der Waals surface area contributed by atoms with Crippen molar-refractivity contribution in [3.8, 4) is 11.4 Å². The Kier molecular flexibility index (Phi) is 9.96. The van der Waals surface area contributed by atoms with Crippen LogP contribution in [-0.4, -0.2) is 43.9 Å². The zero-order valence-electron chi connectivity index (χ0n) is 22.5. The van der Waals surface area contributed by atoms with Crippen LogP contribution in [0.3, 0.4) is 0 Å². The van der Waals surface area contributed by atoms with Crippen molar-refractivity contribution < 1.29 is 14.3 Å². The molecular weight excluding hydrogens is 615 g/mol. The van der Waals surface area contributed by atoms with Gasteiger partial charge in [0.15, 0.2) is 16.1 Å². The van der Waals surface area contributed by atoms with Crippen LogP contribution in [0.15, 0.2) is 71.9 Å². The first-order valence-electron chi connectivity index (χ1n) is 13.1. The summed E-state index contributed by atoms with van der Waals surface area (Å²) >= 11 is 15.1. The minimum atomic E-state index is -0.275. The number of rotatable bonds is 12. The van der Waals surface area contributed by atoms with E-state index in [0.29, 0.717) is 49.8 Å². The number of para-hydroxylation sites is 1. The van der Waals surface area contributed by atoms with Gasteiger partial charge in [-0.15, -0.1) is 10.2 Å². The van der Waals surface area contributed by atoms with Crippen LogP contribution in [0, 0.1) is 0 Å². The number of aromatic nitrogens is 4. The maximum Gasteiger partial charge on any atom is 0.251 e. The Balaban J connectivity index is 1.28. The lowest BCUT2D eigenvalue weighted by molar-refractivity contribution is -0.113. The van der Waals surface area contributed by atoms with Crippen molar-refractivity contribution >= 4 is 73.5 Å². The van der Waals surface area contributed by atoms with Gasteiger partial charge < -0.3 is 15.4 Å². The molecule has 9 nitrogen and oxygen atoms in total. The lowest BCUT2D eigenvalue weighted by Crippen LogP contribution is -2.24. The number of amides is 2. The second-order valence-electron chi connectivity index (χ2n) is 9.07. The summed E-state index contributed by atoms with van der Waals surface area (Å²) in [5.74, 6) is 0.723. The number of thiazole rings is 1. The highest BCUT2D eigenvalue weighted by Crippen LogP contribution is 2.29. The summed E-state index contributed by atoms with van der Waals surface area (Å²) in [5.41, 5.74) is 1.95. The van der Waals surface area contributed by atoms with Crippen molar-refractivity contribution in [3.05, 3.63) is 88.2 Å². The van der Waals surface area contributed by atoms with Crippen LogP contribution in [0.1, 0.15) is 35.9 Å². The van der Waals surface area contributed by atoms with Gasteiger partial charge in [-0.3, -0.25) is 14.2 Å². The lowest BCUT2D eigenvalue weighted by Gasteiger charge is -2.12. The molecule has 0 atom stereocenters. The number of hydrogen-bond acceptors (Lipinski definition) is 8. The molecule has 2 heterocycles. The fraction of sp³-hybridized carbons (Fsp3) is 0.207. The summed E-state index contributed by atoms with van der Waals surface area (Å²) in [6.45, 7) is 2.82. The molecule has 0 aliphatic heterocycles. The van der Waals surface area contributed by atoms with Crippen molar-refractivity contribution in [1.82, 2.24) is 25.1 Å². The maximum atomic E-state index is 12.9. The van der Waals surface area contributed by atoms with Gasteiger partial charge in [0.25, 0.3) is 5.91 Å². The molecule has 5 rings (SSSR count). The third-order valence-corrected chi connectivity index (χ3v) is 8.64. The van der Waals surface area contributed by atoms with Crippen molar-refractivity contribution in [2.45, 2.75) is 31.5 Å². The number of benzene rings is 3. The van der Waals surface area contributed by atoms with Gasteiger partial charge in [-0.25, -0.2) is 4.98 Å². The molecule has 0 saturated heterocycles. The predicted molar refractivity (Wildman–Crippen MR) is 168 cm³/mol. The number of halogens is 2. The Morgan fingerprint density at radius 3 is 2.60 bits per heavy atom. The number of carbonyl (C=O) groups excluding carboxylic acids is 2. The molecule has 2 N–H and O–H groups in total. The zero-order chi connectivity index (χ0) is 29.5. The molecular formula is C29H26Cl2N6O3S2. The van der Waals surface area contributed by atoms with E-state index in [1.165, 1.54) is 23.1 Å². The number of fused-ring (bicyclic) bond motifs is 1. The fourth-order valence-corrected chi connectivity index (χ4v) is 5.85. The van der Waals surface area contributed by atoms with E-state index in [2.05, 4.69) is 32.7 Å². The molecule has 2 amide bonds. The van der Waals surface area contributed by atoms with Crippen molar-refractivity contribution in [1.29, 1.82) is 0 Å². The van der Waals surface area contributed by atoms with E-state index in [0.717, 1.165) is 23.1 Å². The maximum absolute atomic E-state index is 12.9. The van der Waals surface area contributed by atoms with Crippen LogP contribution in [0.4, 0.5) is 5.13 Å². The van der Waals surface area contributed by atoms with Crippen LogP contribution in [0.2, 0.25) is 10.0 Å². The lowest BCUT2D eigenvalue weighted by atomic mass is 10.2. The first-order chi connectivity index (χ1) is 20.4. The Labute approximate surface area is 260 Å². The van der Waals surface area contributed by atoms with Crippen LogP contribution >= 0.6 is 46.3 Å². The minimum Gasteiger partial charge on any atom is -0.494 e. The monoisotopic (exact) mass is 640 g/mol. The number of nitrogens with one attached hydrogen (secondary N) is 2. The third kappa shape index (κ3) is 7.40. The normalized spacial score (nSPS) is 11.0. The van der Waals surface area contributed by atoms with E-state index in [1.54, 1.807) is 47.0 Å². The summed E-state index contributed by atoms with van der Waals surface area (Å²) < 4.78 is 8.40. The largest absolute Gasteiger partial charge is 0.494 e. The second kappa shape index (κ2) is 14.0. The van der Waals surface area contributed by atoms with Crippen molar-refractivity contribution in [3.63, 3.8) is 0 Å². The number of hydrogen-bond donors (Lipinski definition) is 2. The second-order valence-corrected chi connectivity index (χ2v) is 11.9. The number of ether oxygens (including phenoxy) is 1. The SMILES string of the molecule is CCCCOc1ccc(C(=O)NCc2nnc(SCC(=O)Nc3nc4ccccc4s3)n2-c2ccc(Cl)c(Cl)c2)cc1. The highest BCUT2D eigenvalue weighted by atomic mass is 35.5. The fourth-order valence-electron chi connectivity index (χ4n) is 3.90. The zero-order valence-corrected chi connectivity index (χ0v) is 25.6. The van der Waals surface area contributed by atoms with Gasteiger partial charge in [0.05, 0.1) is 44.9 Å². The van der Waals surface area contributed by atoms with Gasteiger partial charge in [0.2, 0.25) is 5.91 Å². The molecule has 0 unspecified atom stereocenters. The Hall–Kier alpha value is -3.64. The average Bonchev–Trinajstić information content (AvgIpc) is 3.60. The summed E-state index contributed by atoms with van der Waals surface area (Å²) in [5, 5.41) is 16.0. The molecule has 2 aromatic heterocycles. The van der Waals surface area contributed by atoms with E-state index in [-0.39, 0.29) is 24.1 Å². The van der Waals surface area contributed by atoms with Crippen LogP contribution in [0.25, 0.3) is 15.9 Å². The van der Waals surface area contributed by atoms with Crippen molar-refractivity contribution in [2.75, 3.05) is 17.7 Å². The van der Waals surface area contributed by atoms with Gasteiger partial charge in [0, 0.05) is 5.56 Å². The summed E-state index contributed by atoms with van der Waals surface area (Å²) in [6, 6.07) is 19.8. The highest BCUT2D eigenvalue weighted by molar-refractivity contribution is 7.99. The molecule has 0 bridgehead atoms. The Morgan fingerprint density at radius 1 is 1.02 bits per heavy atom. The Morgan fingerprint density at radius 2 is 1.83 bits per heavy atom. The van der Waals surface area contributed by atoms with Gasteiger partial charge in [-0.1, -0.05) is 71.8 Å². The molecule has 0 radical (unpaired) electrons. The molecule has 42 heavy (non-hydrogen) atoms. The van der Waals surface area contributed by atoms with Crippen LogP contribution < -0.4 is 15.4 Å². The van der Waals surface area contributed by atoms with Crippen LogP contribution in [0.5, 0.6) is 5.75 Å². The number of unbranched alkanes of at least 4 members (excludes halogenated alkanes) is 1. The van der Waals surface area contributed by atoms with Gasteiger partial charge in [0.1, 0.15) is 5.75 Å². The highest BCUT2D eigenvalue weighted by Gasteiger charge is 2.18. The molecule has 216 valence electrons. The first kappa shape index (κ1) is 29.8.